The van der Waals surface area contributed by atoms with Crippen molar-refractivity contribution in [2.75, 3.05) is 9.80 Å². The van der Waals surface area contributed by atoms with Crippen molar-refractivity contribution >= 4 is 66.5 Å². The Labute approximate surface area is 357 Å². The largest absolute Gasteiger partial charge is 0.509 e. The molecule has 11 rings (SSSR count). The Bertz CT molecular complexity index is 3200. The van der Waals surface area contributed by atoms with E-state index < -0.39 is 0 Å². The molecule has 0 unspecified atom stereocenters. The summed E-state index contributed by atoms with van der Waals surface area (Å²) in [6, 6.07) is 61.6. The van der Waals surface area contributed by atoms with Crippen LogP contribution in [-0.4, -0.2) is 9.55 Å². The first-order valence-corrected chi connectivity index (χ1v) is 19.5. The first-order valence-electron chi connectivity index (χ1n) is 19.5. The van der Waals surface area contributed by atoms with Gasteiger partial charge in [-0.25, -0.2) is 4.98 Å². The molecule has 7 heteroatoms. The Balaban J connectivity index is 0.00000420. The summed E-state index contributed by atoms with van der Waals surface area (Å²) in [5.74, 6) is 2.01. The first kappa shape index (κ1) is 36.7. The molecule has 0 saturated heterocycles. The fraction of sp³-hybridized carbons (Fsp3) is 0.0769. The van der Waals surface area contributed by atoms with Gasteiger partial charge in [-0.05, 0) is 64.4 Å². The quantitative estimate of drug-likeness (QED) is 0.155. The minimum absolute atomic E-state index is 0. The average Bonchev–Trinajstić information content (AvgIpc) is 3.94. The van der Waals surface area contributed by atoms with Crippen LogP contribution in [-0.2, 0) is 26.5 Å². The van der Waals surface area contributed by atoms with Crippen LogP contribution >= 0.6 is 0 Å². The molecule has 0 fully saturated rings. The standard InChI is InChI=1S/C52H37N4O2.Pt/c1-52(2,3)35-28-29-53-49(30-35)56-46-32-38(26-27-40(46)41-20-12-19-39(51(41)56)34-14-5-4-6-15-34)57-37-17-11-16-36(31-37)54-33-55(44-22-9-8-21-43(44)54)45-23-13-25-48-50(45)42-18-7-10-24-47(42)58-48;/h4-30,33H,1-3H3;/q-3;. The molecular formula is C52H37N4O2Pt-3. The predicted octanol–water partition coefficient (Wildman–Crippen LogP) is 13.8. The van der Waals surface area contributed by atoms with Gasteiger partial charge in [-0.15, -0.1) is 48.1 Å². The maximum atomic E-state index is 6.65. The van der Waals surface area contributed by atoms with E-state index in [4.69, 9.17) is 14.1 Å². The molecule has 0 aliphatic carbocycles. The molecule has 0 radical (unpaired) electrons. The van der Waals surface area contributed by atoms with Gasteiger partial charge in [0.05, 0.1) is 0 Å². The molecule has 7 aromatic carbocycles. The zero-order valence-corrected chi connectivity index (χ0v) is 34.9. The van der Waals surface area contributed by atoms with Crippen molar-refractivity contribution in [1.29, 1.82) is 0 Å². The SMILES string of the molecule is CC(C)(C)c1ccnc(-n2c3[c-]c(Oc4[c-]c(N5[CH-]N(c6cccc7oc8ccccc8c67)c6ccccc65)ccc4)ccc3c3cccc(-c4ccccc4)c32)c1.[Pt]. The minimum atomic E-state index is -0.0528. The topological polar surface area (TPSA) is 46.7 Å². The van der Waals surface area contributed by atoms with Crippen molar-refractivity contribution in [2.24, 2.45) is 0 Å². The summed E-state index contributed by atoms with van der Waals surface area (Å²) in [5.41, 5.74) is 11.1. The summed E-state index contributed by atoms with van der Waals surface area (Å²) in [7, 11) is 0. The third kappa shape index (κ3) is 6.18. The zero-order chi connectivity index (χ0) is 39.0. The monoisotopic (exact) mass is 944 g/mol. The van der Waals surface area contributed by atoms with E-state index in [-0.39, 0.29) is 26.5 Å². The molecule has 0 N–H and O–H groups in total. The molecule has 4 heterocycles. The number of hydrogen-bond donors (Lipinski definition) is 0. The number of nitrogens with zero attached hydrogens (tertiary/aromatic N) is 4. The van der Waals surface area contributed by atoms with E-state index in [2.05, 4.69) is 169 Å². The van der Waals surface area contributed by atoms with Crippen molar-refractivity contribution in [1.82, 2.24) is 9.55 Å². The molecule has 6 nitrogen and oxygen atoms in total. The van der Waals surface area contributed by atoms with Gasteiger partial charge in [0.2, 0.25) is 0 Å². The van der Waals surface area contributed by atoms with E-state index in [0.717, 1.165) is 83.4 Å². The number of para-hydroxylation sites is 4. The van der Waals surface area contributed by atoms with Crippen molar-refractivity contribution in [2.45, 2.75) is 26.2 Å². The average molecular weight is 945 g/mol. The second kappa shape index (κ2) is 14.3. The van der Waals surface area contributed by atoms with Crippen LogP contribution in [0.25, 0.3) is 60.7 Å². The molecule has 290 valence electrons. The molecule has 59 heavy (non-hydrogen) atoms. The molecule has 0 bridgehead atoms. The second-order valence-corrected chi connectivity index (χ2v) is 15.7. The van der Waals surface area contributed by atoms with Crippen LogP contribution in [0.1, 0.15) is 26.3 Å². The number of pyridine rings is 1. The second-order valence-electron chi connectivity index (χ2n) is 15.7. The van der Waals surface area contributed by atoms with E-state index in [9.17, 15) is 0 Å². The number of fused-ring (bicyclic) bond motifs is 7. The van der Waals surface area contributed by atoms with Crippen molar-refractivity contribution in [3.63, 3.8) is 0 Å². The third-order valence-corrected chi connectivity index (χ3v) is 11.1. The molecule has 0 saturated carbocycles. The molecular weight excluding hydrogens is 908 g/mol. The van der Waals surface area contributed by atoms with Crippen LogP contribution in [0, 0.1) is 18.8 Å². The van der Waals surface area contributed by atoms with Gasteiger partial charge < -0.3 is 23.5 Å². The fourth-order valence-corrected chi connectivity index (χ4v) is 8.32. The summed E-state index contributed by atoms with van der Waals surface area (Å²) in [5, 5.41) is 4.36. The van der Waals surface area contributed by atoms with Crippen LogP contribution in [0.4, 0.5) is 22.7 Å². The van der Waals surface area contributed by atoms with Crippen LogP contribution in [0.15, 0.2) is 168 Å². The summed E-state index contributed by atoms with van der Waals surface area (Å²) in [4.78, 5) is 9.34. The van der Waals surface area contributed by atoms with Gasteiger partial charge in [0.25, 0.3) is 0 Å². The van der Waals surface area contributed by atoms with E-state index >= 15 is 0 Å². The summed E-state index contributed by atoms with van der Waals surface area (Å²) in [6.45, 7) is 8.81. The predicted molar refractivity (Wildman–Crippen MR) is 236 cm³/mol. The Hall–Kier alpha value is -6.62. The molecule has 3 aromatic heterocycles. The maximum absolute atomic E-state index is 6.65. The van der Waals surface area contributed by atoms with Gasteiger partial charge in [0, 0.05) is 77.7 Å². The number of benzene rings is 7. The molecule has 10 aromatic rings. The Morgan fingerprint density at radius 2 is 1.31 bits per heavy atom. The van der Waals surface area contributed by atoms with Crippen molar-refractivity contribution in [3.05, 3.63) is 188 Å². The fourth-order valence-electron chi connectivity index (χ4n) is 8.32. The van der Waals surface area contributed by atoms with Crippen LogP contribution < -0.4 is 14.5 Å². The van der Waals surface area contributed by atoms with Crippen LogP contribution in [0.5, 0.6) is 11.5 Å². The number of furan rings is 1. The van der Waals surface area contributed by atoms with Gasteiger partial charge >= 0.3 is 0 Å². The molecule has 0 atom stereocenters. The Kier molecular flexibility index (Phi) is 8.92. The number of aromatic nitrogens is 2. The number of rotatable bonds is 6. The zero-order valence-electron chi connectivity index (χ0n) is 32.6. The third-order valence-electron chi connectivity index (χ3n) is 11.1. The van der Waals surface area contributed by atoms with E-state index in [0.29, 0.717) is 11.5 Å². The van der Waals surface area contributed by atoms with Gasteiger partial charge in [0.1, 0.15) is 17.0 Å². The number of hydrogen-bond acceptors (Lipinski definition) is 5. The first-order chi connectivity index (χ1) is 28.4. The van der Waals surface area contributed by atoms with E-state index in [1.54, 1.807) is 0 Å². The van der Waals surface area contributed by atoms with Crippen LogP contribution in [0.2, 0.25) is 0 Å². The minimum Gasteiger partial charge on any atom is -0.509 e. The molecule has 0 amide bonds. The van der Waals surface area contributed by atoms with E-state index in [1.165, 1.54) is 5.56 Å². The molecule has 1 aliphatic heterocycles. The van der Waals surface area contributed by atoms with Crippen molar-refractivity contribution in [3.8, 4) is 28.4 Å². The maximum Gasteiger partial charge on any atom is 0.137 e. The number of anilines is 4. The van der Waals surface area contributed by atoms with E-state index in [1.807, 2.05) is 48.7 Å². The summed E-state index contributed by atoms with van der Waals surface area (Å²) >= 11 is 0. The number of ether oxygens (including phenoxy) is 1. The van der Waals surface area contributed by atoms with Gasteiger partial charge in [0.15, 0.2) is 0 Å². The Morgan fingerprint density at radius 3 is 2.15 bits per heavy atom. The van der Waals surface area contributed by atoms with Gasteiger partial charge in [-0.2, -0.15) is 12.1 Å². The normalized spacial score (nSPS) is 12.7. The van der Waals surface area contributed by atoms with Gasteiger partial charge in [-0.3, -0.25) is 0 Å². The molecule has 1 aliphatic rings. The van der Waals surface area contributed by atoms with Gasteiger partial charge in [-0.1, -0.05) is 111 Å². The summed E-state index contributed by atoms with van der Waals surface area (Å²) < 4.78 is 15.2. The smallest absolute Gasteiger partial charge is 0.137 e. The molecule has 0 spiro atoms. The Morgan fingerprint density at radius 1 is 0.610 bits per heavy atom. The summed E-state index contributed by atoms with van der Waals surface area (Å²) in [6.07, 6.45) is 1.91. The van der Waals surface area contributed by atoms with Crippen LogP contribution in [0.3, 0.4) is 0 Å². The van der Waals surface area contributed by atoms with Crippen molar-refractivity contribution < 1.29 is 30.2 Å².